The Labute approximate surface area is 176 Å². The number of nitrogens with one attached hydrogen (secondary N) is 1. The highest BCUT2D eigenvalue weighted by Gasteiger charge is 2.54. The van der Waals surface area contributed by atoms with Crippen molar-refractivity contribution in [3.05, 3.63) is 72.1 Å². The molecule has 1 N–H and O–H groups in total. The van der Waals surface area contributed by atoms with Crippen LogP contribution in [0.4, 0.5) is 0 Å². The fourth-order valence-electron chi connectivity index (χ4n) is 4.50. The number of fused-ring (bicyclic) bond motifs is 1. The maximum absolute atomic E-state index is 13.7. The molecule has 2 aliphatic carbocycles. The van der Waals surface area contributed by atoms with Crippen LogP contribution in [0.25, 0.3) is 0 Å². The van der Waals surface area contributed by atoms with Crippen molar-refractivity contribution in [2.75, 3.05) is 13.7 Å². The minimum Gasteiger partial charge on any atom is -0.497 e. The summed E-state index contributed by atoms with van der Waals surface area (Å²) in [5, 5.41) is 2.99. The van der Waals surface area contributed by atoms with Crippen LogP contribution in [0, 0.1) is 0 Å². The molecule has 0 saturated heterocycles. The van der Waals surface area contributed by atoms with Gasteiger partial charge in [-0.15, -0.1) is 6.58 Å². The summed E-state index contributed by atoms with van der Waals surface area (Å²) in [6, 6.07) is 9.30. The Balaban J connectivity index is 1.87. The molecule has 1 saturated carbocycles. The number of aromatic nitrogens is 1. The predicted octanol–water partition coefficient (Wildman–Crippen LogP) is 3.23. The van der Waals surface area contributed by atoms with E-state index in [0.29, 0.717) is 18.5 Å². The van der Waals surface area contributed by atoms with Gasteiger partial charge in [0.25, 0.3) is 11.8 Å². The highest BCUT2D eigenvalue weighted by Crippen LogP contribution is 2.47. The van der Waals surface area contributed by atoms with Gasteiger partial charge >= 0.3 is 0 Å². The first-order chi connectivity index (χ1) is 14.6. The monoisotopic (exact) mass is 405 g/mol. The summed E-state index contributed by atoms with van der Waals surface area (Å²) in [7, 11) is 1.64. The minimum atomic E-state index is -1.05. The Morgan fingerprint density at radius 1 is 1.30 bits per heavy atom. The molecule has 2 amide bonds. The van der Waals surface area contributed by atoms with Crippen molar-refractivity contribution < 1.29 is 14.3 Å². The average molecular weight is 405 g/mol. The molecule has 2 aromatic rings. The first-order valence-corrected chi connectivity index (χ1v) is 10.4. The second kappa shape index (κ2) is 8.30. The van der Waals surface area contributed by atoms with Crippen LogP contribution in [-0.2, 0) is 16.8 Å². The zero-order valence-electron chi connectivity index (χ0n) is 17.3. The predicted molar refractivity (Wildman–Crippen MR) is 114 cm³/mol. The normalized spacial score (nSPS) is 20.0. The zero-order valence-corrected chi connectivity index (χ0v) is 17.3. The van der Waals surface area contributed by atoms with Crippen molar-refractivity contribution in [2.24, 2.45) is 0 Å². The molecular weight excluding hydrogens is 378 g/mol. The van der Waals surface area contributed by atoms with Gasteiger partial charge in [-0.2, -0.15) is 0 Å². The van der Waals surface area contributed by atoms with E-state index in [1.807, 2.05) is 23.1 Å². The van der Waals surface area contributed by atoms with E-state index in [1.165, 1.54) is 0 Å². The molecule has 4 rings (SSSR count). The van der Waals surface area contributed by atoms with Gasteiger partial charge in [0, 0.05) is 30.5 Å². The highest BCUT2D eigenvalue weighted by atomic mass is 16.5. The number of nitrogens with zero attached hydrogens (tertiary/aromatic N) is 2. The number of pyridine rings is 1. The van der Waals surface area contributed by atoms with E-state index >= 15 is 0 Å². The van der Waals surface area contributed by atoms with Crippen LogP contribution in [0.1, 0.15) is 47.2 Å². The number of methoxy groups -OCH3 is 1. The average Bonchev–Trinajstić information content (AvgIpc) is 3.62. The summed E-state index contributed by atoms with van der Waals surface area (Å²) in [5.41, 5.74) is 1.45. The molecule has 1 aromatic heterocycles. The molecule has 1 heterocycles. The lowest BCUT2D eigenvalue weighted by Crippen LogP contribution is -2.60. The summed E-state index contributed by atoms with van der Waals surface area (Å²) in [5.74, 6) is 0.481. The SMILES string of the molecule is C=CCNC(=O)C1(N(C(=O)c2ccncc2)C2CC2)CCCc2cc(OC)ccc21. The van der Waals surface area contributed by atoms with Gasteiger partial charge in [0.2, 0.25) is 0 Å². The number of benzene rings is 1. The van der Waals surface area contributed by atoms with Crippen LogP contribution in [0.3, 0.4) is 0 Å². The summed E-state index contributed by atoms with van der Waals surface area (Å²) < 4.78 is 5.41. The van der Waals surface area contributed by atoms with Crippen LogP contribution in [0.5, 0.6) is 5.75 Å². The van der Waals surface area contributed by atoms with Crippen molar-refractivity contribution in [1.29, 1.82) is 0 Å². The minimum absolute atomic E-state index is 0.0493. The summed E-state index contributed by atoms with van der Waals surface area (Å²) in [6.45, 7) is 4.08. The Kier molecular flexibility index (Phi) is 5.57. The van der Waals surface area contributed by atoms with E-state index in [4.69, 9.17) is 4.74 Å². The maximum atomic E-state index is 13.7. The van der Waals surface area contributed by atoms with Gasteiger partial charge in [-0.3, -0.25) is 14.6 Å². The molecule has 0 spiro atoms. The Bertz CT molecular complexity index is 955. The van der Waals surface area contributed by atoms with Crippen molar-refractivity contribution in [3.8, 4) is 5.75 Å². The molecule has 6 nitrogen and oxygen atoms in total. The van der Waals surface area contributed by atoms with E-state index in [-0.39, 0.29) is 17.9 Å². The smallest absolute Gasteiger partial charge is 0.255 e. The van der Waals surface area contributed by atoms with Crippen LogP contribution in [0.15, 0.2) is 55.4 Å². The first kappa shape index (κ1) is 20.1. The third-order valence-electron chi connectivity index (χ3n) is 5.99. The third kappa shape index (κ3) is 3.47. The molecule has 156 valence electrons. The molecule has 6 heteroatoms. The van der Waals surface area contributed by atoms with Gasteiger partial charge in [-0.1, -0.05) is 12.1 Å². The van der Waals surface area contributed by atoms with E-state index in [0.717, 1.165) is 42.6 Å². The van der Waals surface area contributed by atoms with E-state index < -0.39 is 5.54 Å². The topological polar surface area (TPSA) is 71.5 Å². The van der Waals surface area contributed by atoms with Crippen LogP contribution in [-0.4, -0.2) is 41.4 Å². The van der Waals surface area contributed by atoms with Gasteiger partial charge < -0.3 is 15.0 Å². The third-order valence-corrected chi connectivity index (χ3v) is 5.99. The van der Waals surface area contributed by atoms with Crippen molar-refractivity contribution in [2.45, 2.75) is 43.7 Å². The van der Waals surface area contributed by atoms with Crippen molar-refractivity contribution >= 4 is 11.8 Å². The molecule has 1 fully saturated rings. The summed E-state index contributed by atoms with van der Waals surface area (Å²) in [6.07, 6.45) is 8.94. The van der Waals surface area contributed by atoms with Gasteiger partial charge in [0.1, 0.15) is 11.3 Å². The molecule has 0 radical (unpaired) electrons. The molecule has 0 aliphatic heterocycles. The molecule has 2 aliphatic rings. The molecule has 1 unspecified atom stereocenters. The van der Waals surface area contributed by atoms with Gasteiger partial charge in [-0.25, -0.2) is 0 Å². The van der Waals surface area contributed by atoms with Crippen LogP contribution >= 0.6 is 0 Å². The molecule has 1 atom stereocenters. The fraction of sp³-hybridized carbons (Fsp3) is 0.375. The lowest BCUT2D eigenvalue weighted by Gasteiger charge is -2.46. The molecule has 30 heavy (non-hydrogen) atoms. The van der Waals surface area contributed by atoms with E-state index in [2.05, 4.69) is 16.9 Å². The van der Waals surface area contributed by atoms with E-state index in [1.54, 1.807) is 37.7 Å². The van der Waals surface area contributed by atoms with Gasteiger partial charge in [0.15, 0.2) is 0 Å². The second-order valence-electron chi connectivity index (χ2n) is 7.88. The Hall–Kier alpha value is -3.15. The highest BCUT2D eigenvalue weighted by molar-refractivity contribution is 6.00. The first-order valence-electron chi connectivity index (χ1n) is 10.4. The lowest BCUT2D eigenvalue weighted by atomic mass is 9.74. The number of hydrogen-bond acceptors (Lipinski definition) is 4. The van der Waals surface area contributed by atoms with Crippen LogP contribution < -0.4 is 10.1 Å². The quantitative estimate of drug-likeness (QED) is 0.718. The number of carbonyl (C=O) groups is 2. The standard InChI is InChI=1S/C24H27N3O3/c1-3-13-26-23(29)24(12-4-5-18-16-20(30-2)8-9-21(18)24)27(19-6-7-19)22(28)17-10-14-25-15-11-17/h3,8-11,14-16,19H,1,4-7,12-13H2,2H3,(H,26,29). The Morgan fingerprint density at radius 2 is 2.07 bits per heavy atom. The number of rotatable bonds is 7. The number of amides is 2. The number of aryl methyl sites for hydroxylation is 1. The summed E-state index contributed by atoms with van der Waals surface area (Å²) in [4.78, 5) is 33.3. The lowest BCUT2D eigenvalue weighted by molar-refractivity contribution is -0.134. The fourth-order valence-corrected chi connectivity index (χ4v) is 4.50. The number of carbonyl (C=O) groups excluding carboxylic acids is 2. The van der Waals surface area contributed by atoms with Crippen molar-refractivity contribution in [1.82, 2.24) is 15.2 Å². The Morgan fingerprint density at radius 3 is 2.73 bits per heavy atom. The molecule has 1 aromatic carbocycles. The molecule has 0 bridgehead atoms. The summed E-state index contributed by atoms with van der Waals surface area (Å²) >= 11 is 0. The van der Waals surface area contributed by atoms with Gasteiger partial charge in [-0.05, 0) is 67.5 Å². The van der Waals surface area contributed by atoms with Crippen LogP contribution in [0.2, 0.25) is 0 Å². The van der Waals surface area contributed by atoms with Gasteiger partial charge in [0.05, 0.1) is 7.11 Å². The number of ether oxygens (including phenoxy) is 1. The number of hydrogen-bond donors (Lipinski definition) is 1. The molecular formula is C24H27N3O3. The largest absolute Gasteiger partial charge is 0.497 e. The van der Waals surface area contributed by atoms with Crippen molar-refractivity contribution in [3.63, 3.8) is 0 Å². The van der Waals surface area contributed by atoms with E-state index in [9.17, 15) is 9.59 Å². The zero-order chi connectivity index (χ0) is 21.1. The maximum Gasteiger partial charge on any atom is 0.255 e. The second-order valence-corrected chi connectivity index (χ2v) is 7.88.